The maximum atomic E-state index is 10.2. The van der Waals surface area contributed by atoms with Gasteiger partial charge in [0.2, 0.25) is 0 Å². The second-order valence-corrected chi connectivity index (χ2v) is 2.66. The molecule has 0 amide bonds. The van der Waals surface area contributed by atoms with Gasteiger partial charge in [0.15, 0.2) is 0 Å². The number of carbonyl (C=O) groups is 1. The van der Waals surface area contributed by atoms with E-state index in [4.69, 9.17) is 4.74 Å². The number of rotatable bonds is 5. The molecule has 0 aromatic heterocycles. The van der Waals surface area contributed by atoms with Crippen molar-refractivity contribution in [1.82, 2.24) is 0 Å². The van der Waals surface area contributed by atoms with Crippen LogP contribution in [0.2, 0.25) is 0 Å². The average Bonchev–Trinajstić information content (AvgIpc) is 2.19. The lowest BCUT2D eigenvalue weighted by Crippen LogP contribution is -2.01. The van der Waals surface area contributed by atoms with Crippen LogP contribution in [-0.2, 0) is 9.53 Å². The molecule has 0 fully saturated rings. The summed E-state index contributed by atoms with van der Waals surface area (Å²) in [6.45, 7) is 4.09. The van der Waals surface area contributed by atoms with Crippen molar-refractivity contribution in [3.63, 3.8) is 0 Å². The zero-order valence-corrected chi connectivity index (χ0v) is 7.35. The third-order valence-electron chi connectivity index (χ3n) is 1.77. The Balaban J connectivity index is 2.75. The molecule has 0 bridgehead atoms. The normalized spacial score (nSPS) is 11.7. The van der Waals surface area contributed by atoms with Gasteiger partial charge >= 0.3 is 0 Å². The minimum absolute atomic E-state index is 0.198. The molecule has 0 saturated carbocycles. The van der Waals surface area contributed by atoms with Crippen molar-refractivity contribution >= 4 is 6.47 Å². The molecule has 2 nitrogen and oxygen atoms in total. The minimum atomic E-state index is -0.198. The quantitative estimate of drug-likeness (QED) is 0.509. The highest BCUT2D eigenvalue weighted by Gasteiger charge is 2.08. The Morgan fingerprint density at radius 2 is 2.08 bits per heavy atom. The summed E-state index contributed by atoms with van der Waals surface area (Å²) in [5.41, 5.74) is 0.995. The lowest BCUT2D eigenvalue weighted by Gasteiger charge is -2.12. The topological polar surface area (TPSA) is 26.3 Å². The first-order valence-electron chi connectivity index (χ1n) is 4.13. The fourth-order valence-corrected chi connectivity index (χ4v) is 1.16. The van der Waals surface area contributed by atoms with Gasteiger partial charge in [-0.25, -0.2) is 0 Å². The number of ether oxygens (including phenoxy) is 1. The average molecular weight is 176 g/mol. The highest BCUT2D eigenvalue weighted by atomic mass is 16.5. The summed E-state index contributed by atoms with van der Waals surface area (Å²) in [5, 5.41) is 0. The lowest BCUT2D eigenvalue weighted by atomic mass is 10.1. The van der Waals surface area contributed by atoms with Crippen LogP contribution in [-0.4, -0.2) is 6.47 Å². The molecule has 0 N–H and O–H groups in total. The van der Waals surface area contributed by atoms with Gasteiger partial charge in [0.25, 0.3) is 6.47 Å². The van der Waals surface area contributed by atoms with Crippen molar-refractivity contribution < 1.29 is 9.53 Å². The number of carbonyl (C=O) groups excluding carboxylic acids is 1. The first kappa shape index (κ1) is 9.52. The second-order valence-electron chi connectivity index (χ2n) is 2.66. The number of hydrogen-bond donors (Lipinski definition) is 0. The van der Waals surface area contributed by atoms with E-state index in [1.54, 1.807) is 6.08 Å². The highest BCUT2D eigenvalue weighted by molar-refractivity contribution is 5.38. The fourth-order valence-electron chi connectivity index (χ4n) is 1.16. The van der Waals surface area contributed by atoms with Crippen LogP contribution in [0.1, 0.15) is 18.1 Å². The van der Waals surface area contributed by atoms with E-state index in [0.717, 1.165) is 5.56 Å². The summed E-state index contributed by atoms with van der Waals surface area (Å²) in [4.78, 5) is 10.2. The van der Waals surface area contributed by atoms with Crippen LogP contribution in [0.5, 0.6) is 0 Å². The van der Waals surface area contributed by atoms with Crippen molar-refractivity contribution in [3.05, 3.63) is 48.6 Å². The summed E-state index contributed by atoms with van der Waals surface area (Å²) in [5.74, 6) is 0. The Kier molecular flexibility index (Phi) is 3.76. The summed E-state index contributed by atoms with van der Waals surface area (Å²) in [7, 11) is 0. The van der Waals surface area contributed by atoms with E-state index in [2.05, 4.69) is 6.58 Å². The zero-order chi connectivity index (χ0) is 9.52. The third-order valence-corrected chi connectivity index (χ3v) is 1.77. The summed E-state index contributed by atoms with van der Waals surface area (Å²) >= 11 is 0. The first-order chi connectivity index (χ1) is 6.38. The van der Waals surface area contributed by atoms with E-state index < -0.39 is 0 Å². The van der Waals surface area contributed by atoms with E-state index in [1.165, 1.54) is 0 Å². The van der Waals surface area contributed by atoms with Crippen LogP contribution in [0.15, 0.2) is 43.0 Å². The molecule has 1 aromatic rings. The van der Waals surface area contributed by atoms with Crippen molar-refractivity contribution in [3.8, 4) is 0 Å². The summed E-state index contributed by atoms with van der Waals surface area (Å²) in [6.07, 6.45) is 2.18. The lowest BCUT2D eigenvalue weighted by molar-refractivity contribution is -0.133. The molecule has 1 aromatic carbocycles. The highest BCUT2D eigenvalue weighted by Crippen LogP contribution is 2.19. The fraction of sp³-hybridized carbons (Fsp3) is 0.182. The third kappa shape index (κ3) is 2.75. The van der Waals surface area contributed by atoms with Gasteiger partial charge in [0.1, 0.15) is 6.10 Å². The molecule has 13 heavy (non-hydrogen) atoms. The van der Waals surface area contributed by atoms with Crippen LogP contribution < -0.4 is 0 Å². The first-order valence-corrected chi connectivity index (χ1v) is 4.13. The zero-order valence-electron chi connectivity index (χ0n) is 7.35. The molecule has 0 unspecified atom stereocenters. The Labute approximate surface area is 77.8 Å². The van der Waals surface area contributed by atoms with Crippen LogP contribution in [0.3, 0.4) is 0 Å². The van der Waals surface area contributed by atoms with Crippen LogP contribution >= 0.6 is 0 Å². The van der Waals surface area contributed by atoms with Gasteiger partial charge in [0.05, 0.1) is 0 Å². The van der Waals surface area contributed by atoms with E-state index in [9.17, 15) is 4.79 Å². The Morgan fingerprint density at radius 1 is 1.38 bits per heavy atom. The molecule has 0 radical (unpaired) electrons. The van der Waals surface area contributed by atoms with E-state index in [1.807, 2.05) is 30.3 Å². The van der Waals surface area contributed by atoms with Gasteiger partial charge in [-0.05, 0) is 5.56 Å². The van der Waals surface area contributed by atoms with Gasteiger partial charge in [-0.1, -0.05) is 36.4 Å². The van der Waals surface area contributed by atoms with Crippen LogP contribution in [0, 0.1) is 0 Å². The SMILES string of the molecule is C=CC[C@H](OC=O)c1ccccc1. The molecule has 1 rings (SSSR count). The maximum absolute atomic E-state index is 10.2. The van der Waals surface area contributed by atoms with Crippen molar-refractivity contribution in [2.75, 3.05) is 0 Å². The molecule has 68 valence electrons. The van der Waals surface area contributed by atoms with Gasteiger partial charge in [-0.3, -0.25) is 4.79 Å². The Morgan fingerprint density at radius 3 is 2.62 bits per heavy atom. The number of benzene rings is 1. The Bertz CT molecular complexity index is 257. The second kappa shape index (κ2) is 5.14. The van der Waals surface area contributed by atoms with E-state index in [0.29, 0.717) is 12.9 Å². The van der Waals surface area contributed by atoms with Gasteiger partial charge in [-0.2, -0.15) is 0 Å². The summed E-state index contributed by atoms with van der Waals surface area (Å²) < 4.78 is 4.92. The van der Waals surface area contributed by atoms with E-state index in [-0.39, 0.29) is 6.10 Å². The molecular weight excluding hydrogens is 164 g/mol. The standard InChI is InChI=1S/C11H12O2/c1-2-6-11(13-9-12)10-7-4-3-5-8-10/h2-5,7-9,11H,1,6H2/t11-/m0/s1. The van der Waals surface area contributed by atoms with Crippen LogP contribution in [0.25, 0.3) is 0 Å². The van der Waals surface area contributed by atoms with Crippen molar-refractivity contribution in [2.24, 2.45) is 0 Å². The van der Waals surface area contributed by atoms with Crippen molar-refractivity contribution in [2.45, 2.75) is 12.5 Å². The molecular formula is C11H12O2. The van der Waals surface area contributed by atoms with E-state index >= 15 is 0 Å². The molecule has 0 saturated heterocycles. The predicted molar refractivity (Wildman–Crippen MR) is 51.1 cm³/mol. The number of hydrogen-bond acceptors (Lipinski definition) is 2. The predicted octanol–water partition coefficient (Wildman–Crippen LogP) is 2.48. The molecule has 0 aliphatic heterocycles. The monoisotopic (exact) mass is 176 g/mol. The molecule has 0 heterocycles. The molecule has 2 heteroatoms. The molecule has 0 aliphatic rings. The largest absolute Gasteiger partial charge is 0.459 e. The molecule has 0 aliphatic carbocycles. The minimum Gasteiger partial charge on any atom is -0.459 e. The van der Waals surface area contributed by atoms with Crippen LogP contribution in [0.4, 0.5) is 0 Å². The summed E-state index contributed by atoms with van der Waals surface area (Å²) in [6, 6.07) is 9.61. The van der Waals surface area contributed by atoms with Gasteiger partial charge in [-0.15, -0.1) is 6.58 Å². The smallest absolute Gasteiger partial charge is 0.293 e. The Hall–Kier alpha value is -1.57. The van der Waals surface area contributed by atoms with Gasteiger partial charge in [0, 0.05) is 6.42 Å². The van der Waals surface area contributed by atoms with Gasteiger partial charge < -0.3 is 4.74 Å². The molecule has 0 spiro atoms. The maximum Gasteiger partial charge on any atom is 0.293 e. The molecule has 1 atom stereocenters. The van der Waals surface area contributed by atoms with Crippen molar-refractivity contribution in [1.29, 1.82) is 0 Å².